The van der Waals surface area contributed by atoms with E-state index in [1.54, 1.807) is 22.7 Å². The van der Waals surface area contributed by atoms with E-state index in [-0.39, 0.29) is 5.91 Å². The zero-order valence-corrected chi connectivity index (χ0v) is 17.6. The van der Waals surface area contributed by atoms with Gasteiger partial charge < -0.3 is 10.1 Å². The van der Waals surface area contributed by atoms with Crippen molar-refractivity contribution >= 4 is 39.5 Å². The molecule has 0 aliphatic heterocycles. The second-order valence-electron chi connectivity index (χ2n) is 6.40. The summed E-state index contributed by atoms with van der Waals surface area (Å²) in [6.45, 7) is 3.95. The minimum Gasteiger partial charge on any atom is -0.495 e. The lowest BCUT2D eigenvalue weighted by molar-refractivity contribution is 0.102. The first-order valence-corrected chi connectivity index (χ1v) is 10.2. The fraction of sp³-hybridized carbons (Fsp3) is 0.200. The molecule has 148 valence electrons. The lowest BCUT2D eigenvalue weighted by Gasteiger charge is -2.11. The van der Waals surface area contributed by atoms with Crippen LogP contribution in [0.4, 0.5) is 5.69 Å². The number of carbonyl (C=O) groups excluding carboxylic acids is 1. The maximum absolute atomic E-state index is 12.7. The molecule has 0 saturated carbocycles. The van der Waals surface area contributed by atoms with E-state index in [0.717, 1.165) is 33.3 Å². The van der Waals surface area contributed by atoms with Crippen LogP contribution in [0.5, 0.6) is 5.75 Å². The number of halogens is 1. The Hall–Kier alpha value is -2.97. The van der Waals surface area contributed by atoms with Crippen molar-refractivity contribution in [1.29, 1.82) is 0 Å². The number of hydrogen-bond acceptors (Lipinski definition) is 6. The molecule has 0 radical (unpaired) electrons. The van der Waals surface area contributed by atoms with Crippen LogP contribution < -0.4 is 10.1 Å². The molecule has 0 aliphatic carbocycles. The van der Waals surface area contributed by atoms with Gasteiger partial charge >= 0.3 is 0 Å². The average Bonchev–Trinajstić information content (AvgIpc) is 3.30. The normalized spacial score (nSPS) is 11.0. The summed E-state index contributed by atoms with van der Waals surface area (Å²) in [4.78, 5) is 13.4. The van der Waals surface area contributed by atoms with Crippen molar-refractivity contribution < 1.29 is 9.53 Å². The molecule has 4 aromatic rings. The number of fused-ring (bicyclic) bond motifs is 1. The van der Waals surface area contributed by atoms with Crippen molar-refractivity contribution in [1.82, 2.24) is 19.8 Å². The molecule has 1 amide bonds. The second kappa shape index (κ2) is 7.81. The van der Waals surface area contributed by atoms with Crippen LogP contribution in [0, 0.1) is 6.92 Å². The van der Waals surface area contributed by atoms with Crippen molar-refractivity contribution in [2.45, 2.75) is 20.3 Å². The molecular formula is C20H18ClN5O2S. The highest BCUT2D eigenvalue weighted by molar-refractivity contribution is 7.19. The van der Waals surface area contributed by atoms with Gasteiger partial charge in [-0.2, -0.15) is 9.61 Å². The maximum atomic E-state index is 12.7. The summed E-state index contributed by atoms with van der Waals surface area (Å²) in [6, 6.07) is 10.8. The summed E-state index contributed by atoms with van der Waals surface area (Å²) in [5.41, 5.74) is 3.00. The van der Waals surface area contributed by atoms with E-state index >= 15 is 0 Å². The number of rotatable bonds is 5. The largest absolute Gasteiger partial charge is 0.495 e. The van der Waals surface area contributed by atoms with Crippen molar-refractivity contribution in [3.63, 3.8) is 0 Å². The van der Waals surface area contributed by atoms with Crippen LogP contribution >= 0.6 is 22.9 Å². The standard InChI is InChI=1S/C20H18ClN5O2S/c1-4-17-23-24-20-26(17)25-19(29-20)13-6-5-11(2)15(10-13)22-18(27)12-7-8-16(28-3)14(21)9-12/h5-10H,4H2,1-3H3,(H,22,27). The van der Waals surface area contributed by atoms with E-state index in [0.29, 0.717) is 22.0 Å². The van der Waals surface area contributed by atoms with Crippen LogP contribution in [-0.4, -0.2) is 32.8 Å². The minimum absolute atomic E-state index is 0.249. The third kappa shape index (κ3) is 3.68. The lowest BCUT2D eigenvalue weighted by Crippen LogP contribution is -2.13. The number of nitrogens with one attached hydrogen (secondary N) is 1. The van der Waals surface area contributed by atoms with Crippen LogP contribution in [0.2, 0.25) is 5.02 Å². The third-order valence-electron chi connectivity index (χ3n) is 4.52. The SMILES string of the molecule is CCc1nnc2sc(-c3ccc(C)c(NC(=O)c4ccc(OC)c(Cl)c4)c3)nn12. The predicted octanol–water partition coefficient (Wildman–Crippen LogP) is 4.64. The Morgan fingerprint density at radius 1 is 1.24 bits per heavy atom. The van der Waals surface area contributed by atoms with E-state index in [1.807, 2.05) is 32.0 Å². The minimum atomic E-state index is -0.249. The molecule has 7 nitrogen and oxygen atoms in total. The second-order valence-corrected chi connectivity index (χ2v) is 7.77. The Kier molecular flexibility index (Phi) is 5.21. The van der Waals surface area contributed by atoms with Gasteiger partial charge in [-0.1, -0.05) is 42.0 Å². The van der Waals surface area contributed by atoms with Crippen LogP contribution in [0.3, 0.4) is 0 Å². The van der Waals surface area contributed by atoms with Crippen LogP contribution in [-0.2, 0) is 6.42 Å². The quantitative estimate of drug-likeness (QED) is 0.501. The van der Waals surface area contributed by atoms with Crippen molar-refractivity contribution in [3.8, 4) is 16.3 Å². The monoisotopic (exact) mass is 427 g/mol. The van der Waals surface area contributed by atoms with Gasteiger partial charge in [-0.3, -0.25) is 4.79 Å². The summed E-state index contributed by atoms with van der Waals surface area (Å²) in [5, 5.41) is 17.1. The zero-order valence-electron chi connectivity index (χ0n) is 16.1. The Labute approximate surface area is 176 Å². The van der Waals surface area contributed by atoms with Gasteiger partial charge in [0.15, 0.2) is 5.82 Å². The number of ether oxygens (including phenoxy) is 1. The average molecular weight is 428 g/mol. The number of methoxy groups -OCH3 is 1. The fourth-order valence-corrected chi connectivity index (χ4v) is 4.00. The number of carbonyl (C=O) groups is 1. The molecule has 9 heteroatoms. The van der Waals surface area contributed by atoms with Gasteiger partial charge in [-0.05, 0) is 36.8 Å². The van der Waals surface area contributed by atoms with Crippen LogP contribution in [0.15, 0.2) is 36.4 Å². The topological polar surface area (TPSA) is 81.4 Å². The van der Waals surface area contributed by atoms with Gasteiger partial charge in [0.05, 0.1) is 12.1 Å². The lowest BCUT2D eigenvalue weighted by atomic mass is 10.1. The first kappa shape index (κ1) is 19.4. The highest BCUT2D eigenvalue weighted by Crippen LogP contribution is 2.30. The molecule has 0 bridgehead atoms. The fourth-order valence-electron chi connectivity index (χ4n) is 2.89. The molecule has 29 heavy (non-hydrogen) atoms. The number of aromatic nitrogens is 4. The molecule has 0 aliphatic rings. The van der Waals surface area contributed by atoms with E-state index in [1.165, 1.54) is 18.4 Å². The highest BCUT2D eigenvalue weighted by Gasteiger charge is 2.15. The maximum Gasteiger partial charge on any atom is 0.255 e. The van der Waals surface area contributed by atoms with Gasteiger partial charge in [0.2, 0.25) is 4.96 Å². The number of amides is 1. The smallest absolute Gasteiger partial charge is 0.255 e. The third-order valence-corrected chi connectivity index (χ3v) is 5.76. The van der Waals surface area contributed by atoms with E-state index in [2.05, 4.69) is 20.6 Å². The number of anilines is 1. The van der Waals surface area contributed by atoms with Gasteiger partial charge in [-0.25, -0.2) is 0 Å². The molecule has 2 aromatic carbocycles. The summed E-state index contributed by atoms with van der Waals surface area (Å²) >= 11 is 7.60. The molecule has 1 N–H and O–H groups in total. The van der Waals surface area contributed by atoms with Crippen molar-refractivity contribution in [3.05, 3.63) is 58.4 Å². The summed E-state index contributed by atoms with van der Waals surface area (Å²) in [6.07, 6.45) is 0.754. The number of hydrogen-bond donors (Lipinski definition) is 1. The number of benzene rings is 2. The molecule has 2 aromatic heterocycles. The van der Waals surface area contributed by atoms with Crippen molar-refractivity contribution in [2.24, 2.45) is 0 Å². The molecule has 0 unspecified atom stereocenters. The number of aryl methyl sites for hydroxylation is 2. The Morgan fingerprint density at radius 3 is 2.79 bits per heavy atom. The molecule has 0 spiro atoms. The highest BCUT2D eigenvalue weighted by atomic mass is 35.5. The van der Waals surface area contributed by atoms with E-state index < -0.39 is 0 Å². The molecule has 2 heterocycles. The van der Waals surface area contributed by atoms with Crippen LogP contribution in [0.1, 0.15) is 28.7 Å². The Balaban J connectivity index is 1.63. The van der Waals surface area contributed by atoms with Crippen LogP contribution in [0.25, 0.3) is 15.5 Å². The first-order chi connectivity index (χ1) is 14.0. The van der Waals surface area contributed by atoms with Gasteiger partial charge in [0.25, 0.3) is 5.91 Å². The molecule has 4 rings (SSSR count). The predicted molar refractivity (Wildman–Crippen MR) is 114 cm³/mol. The van der Waals surface area contributed by atoms with Gasteiger partial charge in [-0.15, -0.1) is 10.2 Å². The Morgan fingerprint density at radius 2 is 2.07 bits per heavy atom. The summed E-state index contributed by atoms with van der Waals surface area (Å²) in [5.74, 6) is 1.09. The number of nitrogens with zero attached hydrogens (tertiary/aromatic N) is 4. The summed E-state index contributed by atoms with van der Waals surface area (Å²) < 4.78 is 6.90. The Bertz CT molecular complexity index is 1220. The molecule has 0 saturated heterocycles. The first-order valence-electron chi connectivity index (χ1n) is 8.97. The van der Waals surface area contributed by atoms with E-state index in [9.17, 15) is 4.79 Å². The molecular weight excluding hydrogens is 410 g/mol. The van der Waals surface area contributed by atoms with Gasteiger partial charge in [0.1, 0.15) is 10.8 Å². The molecule has 0 atom stereocenters. The van der Waals surface area contributed by atoms with Crippen molar-refractivity contribution in [2.75, 3.05) is 12.4 Å². The zero-order chi connectivity index (χ0) is 20.5. The van der Waals surface area contributed by atoms with Gasteiger partial charge in [0, 0.05) is 23.2 Å². The summed E-state index contributed by atoms with van der Waals surface area (Å²) in [7, 11) is 1.53. The van der Waals surface area contributed by atoms with E-state index in [4.69, 9.17) is 16.3 Å². The molecule has 0 fully saturated rings.